The van der Waals surface area contributed by atoms with Gasteiger partial charge in [0.2, 0.25) is 0 Å². The molecule has 0 fully saturated rings. The van der Waals surface area contributed by atoms with Crippen molar-refractivity contribution in [2.75, 3.05) is 6.26 Å². The summed E-state index contributed by atoms with van der Waals surface area (Å²) < 4.78 is 23.2. The van der Waals surface area contributed by atoms with Gasteiger partial charge in [0.25, 0.3) is 0 Å². The van der Waals surface area contributed by atoms with Crippen molar-refractivity contribution >= 4 is 27.0 Å². The molecule has 0 amide bonds. The molecule has 0 heterocycles. The van der Waals surface area contributed by atoms with Crippen molar-refractivity contribution in [1.82, 2.24) is 0 Å². The molecule has 0 atom stereocenters. The second-order valence-corrected chi connectivity index (χ2v) is 6.51. The highest BCUT2D eigenvalue weighted by Crippen LogP contribution is 2.36. The van der Waals surface area contributed by atoms with E-state index in [0.717, 1.165) is 24.0 Å². The molecule has 16 heavy (non-hydrogen) atoms. The maximum Gasteiger partial charge on any atom is 0.172 e. The number of halogens is 1. The zero-order valence-electron chi connectivity index (χ0n) is 9.03. The van der Waals surface area contributed by atoms with Gasteiger partial charge in [-0.05, 0) is 42.5 Å². The van der Waals surface area contributed by atoms with Gasteiger partial charge in [-0.2, -0.15) is 0 Å². The van der Waals surface area contributed by atoms with E-state index in [1.54, 1.807) is 12.1 Å². The topological polar surface area (TPSA) is 34.1 Å². The fraction of sp³-hybridized carbons (Fsp3) is 0.333. The van der Waals surface area contributed by atoms with Crippen molar-refractivity contribution < 1.29 is 8.42 Å². The van der Waals surface area contributed by atoms with Crippen LogP contribution < -0.4 is 0 Å². The highest BCUT2D eigenvalue weighted by molar-refractivity contribution is 7.94. The number of hydrogen-bond donors (Lipinski definition) is 0. The second-order valence-electron chi connectivity index (χ2n) is 4.03. The quantitative estimate of drug-likeness (QED) is 0.814. The van der Waals surface area contributed by atoms with Gasteiger partial charge in [-0.1, -0.05) is 23.7 Å². The lowest BCUT2D eigenvalue weighted by atomic mass is 10.1. The second kappa shape index (κ2) is 4.22. The molecule has 0 bridgehead atoms. The van der Waals surface area contributed by atoms with Crippen molar-refractivity contribution in [3.05, 3.63) is 39.8 Å². The van der Waals surface area contributed by atoms with Crippen molar-refractivity contribution in [2.45, 2.75) is 19.3 Å². The van der Waals surface area contributed by atoms with Gasteiger partial charge in [-0.25, -0.2) is 8.42 Å². The summed E-state index contributed by atoms with van der Waals surface area (Å²) in [5.74, 6) is 0. The highest BCUT2D eigenvalue weighted by atomic mass is 35.5. The van der Waals surface area contributed by atoms with Crippen molar-refractivity contribution in [1.29, 1.82) is 0 Å². The van der Waals surface area contributed by atoms with Crippen molar-refractivity contribution in [3.8, 4) is 0 Å². The number of sulfone groups is 1. The number of allylic oxidation sites excluding steroid dienone is 2. The van der Waals surface area contributed by atoms with Crippen LogP contribution in [0.15, 0.2) is 29.2 Å². The minimum atomic E-state index is -3.06. The van der Waals surface area contributed by atoms with Gasteiger partial charge in [0, 0.05) is 16.2 Å². The molecule has 0 aliphatic heterocycles. The van der Waals surface area contributed by atoms with Crippen LogP contribution in [-0.4, -0.2) is 14.7 Å². The Kier molecular flexibility index (Phi) is 3.08. The lowest BCUT2D eigenvalue weighted by Gasteiger charge is -2.06. The van der Waals surface area contributed by atoms with Crippen LogP contribution in [0.1, 0.15) is 24.8 Å². The van der Waals surface area contributed by atoms with Gasteiger partial charge in [-0.15, -0.1) is 0 Å². The van der Waals surface area contributed by atoms with Crippen LogP contribution in [0.2, 0.25) is 5.02 Å². The van der Waals surface area contributed by atoms with E-state index in [9.17, 15) is 8.42 Å². The molecule has 1 aliphatic carbocycles. The molecule has 86 valence electrons. The van der Waals surface area contributed by atoms with Crippen LogP contribution >= 0.6 is 11.6 Å². The fourth-order valence-electron chi connectivity index (χ4n) is 2.08. The summed E-state index contributed by atoms with van der Waals surface area (Å²) in [7, 11) is -3.06. The standard InChI is InChI=1S/C12H13ClO2S/c1-16(14,15)12-4-2-3-11(12)9-5-7-10(13)8-6-9/h5-8H,2-4H2,1H3. The van der Waals surface area contributed by atoms with E-state index in [2.05, 4.69) is 0 Å². The van der Waals surface area contributed by atoms with Gasteiger partial charge >= 0.3 is 0 Å². The average Bonchev–Trinajstić information content (AvgIpc) is 2.66. The summed E-state index contributed by atoms with van der Waals surface area (Å²) in [6.07, 6.45) is 3.70. The first kappa shape index (κ1) is 11.7. The van der Waals surface area contributed by atoms with E-state index in [4.69, 9.17) is 11.6 Å². The first-order chi connectivity index (χ1) is 7.48. The Labute approximate surface area is 101 Å². The smallest absolute Gasteiger partial charge is 0.172 e. The SMILES string of the molecule is CS(=O)(=O)C1=C(c2ccc(Cl)cc2)CCC1. The molecule has 4 heteroatoms. The molecule has 0 N–H and O–H groups in total. The molecule has 1 aliphatic rings. The van der Waals surface area contributed by atoms with E-state index in [1.807, 2.05) is 12.1 Å². The summed E-state index contributed by atoms with van der Waals surface area (Å²) in [6, 6.07) is 7.35. The molecule has 2 rings (SSSR count). The Balaban J connectivity index is 2.51. The molecule has 0 saturated carbocycles. The number of benzene rings is 1. The third-order valence-corrected chi connectivity index (χ3v) is 4.41. The van der Waals surface area contributed by atoms with E-state index in [-0.39, 0.29) is 0 Å². The summed E-state index contributed by atoms with van der Waals surface area (Å²) in [5, 5.41) is 0.670. The van der Waals surface area contributed by atoms with Gasteiger partial charge in [0.05, 0.1) is 0 Å². The van der Waals surface area contributed by atoms with Gasteiger partial charge < -0.3 is 0 Å². The minimum absolute atomic E-state index is 0.592. The summed E-state index contributed by atoms with van der Waals surface area (Å²) in [6.45, 7) is 0. The molecule has 1 aromatic carbocycles. The van der Waals surface area contributed by atoms with Crippen LogP contribution in [0, 0.1) is 0 Å². The van der Waals surface area contributed by atoms with E-state index in [1.165, 1.54) is 6.26 Å². The Morgan fingerprint density at radius 2 is 1.75 bits per heavy atom. The minimum Gasteiger partial charge on any atom is -0.224 e. The lowest BCUT2D eigenvalue weighted by Crippen LogP contribution is -2.00. The predicted octanol–water partition coefficient (Wildman–Crippen LogP) is 3.28. The maximum atomic E-state index is 11.6. The Morgan fingerprint density at radius 3 is 2.31 bits per heavy atom. The molecule has 0 radical (unpaired) electrons. The number of hydrogen-bond acceptors (Lipinski definition) is 2. The molecule has 0 aromatic heterocycles. The summed E-state index contributed by atoms with van der Waals surface area (Å²) in [4.78, 5) is 0.592. The maximum absolute atomic E-state index is 11.6. The summed E-state index contributed by atoms with van der Waals surface area (Å²) in [5.41, 5.74) is 1.93. The molecule has 0 spiro atoms. The van der Waals surface area contributed by atoms with Gasteiger partial charge in [0.15, 0.2) is 9.84 Å². The fourth-order valence-corrected chi connectivity index (χ4v) is 3.39. The Morgan fingerprint density at radius 1 is 1.12 bits per heavy atom. The lowest BCUT2D eigenvalue weighted by molar-refractivity contribution is 0.606. The Bertz CT molecular complexity index is 527. The molecular formula is C12H13ClO2S. The van der Waals surface area contributed by atoms with Crippen LogP contribution in [0.5, 0.6) is 0 Å². The third-order valence-electron chi connectivity index (χ3n) is 2.81. The van der Waals surface area contributed by atoms with Crippen LogP contribution in [0.25, 0.3) is 5.57 Å². The molecule has 0 saturated heterocycles. The first-order valence-corrected chi connectivity index (χ1v) is 7.43. The zero-order chi connectivity index (χ0) is 11.8. The van der Waals surface area contributed by atoms with Crippen LogP contribution in [0.4, 0.5) is 0 Å². The van der Waals surface area contributed by atoms with Gasteiger partial charge in [0.1, 0.15) is 0 Å². The average molecular weight is 257 g/mol. The van der Waals surface area contributed by atoms with Crippen molar-refractivity contribution in [3.63, 3.8) is 0 Å². The normalized spacial score (nSPS) is 16.9. The van der Waals surface area contributed by atoms with Gasteiger partial charge in [-0.3, -0.25) is 0 Å². The molecule has 1 aromatic rings. The largest absolute Gasteiger partial charge is 0.224 e. The van der Waals surface area contributed by atoms with E-state index in [0.29, 0.717) is 16.3 Å². The highest BCUT2D eigenvalue weighted by Gasteiger charge is 2.23. The molecular weight excluding hydrogens is 244 g/mol. The van der Waals surface area contributed by atoms with Crippen LogP contribution in [0.3, 0.4) is 0 Å². The van der Waals surface area contributed by atoms with Crippen molar-refractivity contribution in [2.24, 2.45) is 0 Å². The number of rotatable bonds is 2. The van der Waals surface area contributed by atoms with Crippen LogP contribution in [-0.2, 0) is 9.84 Å². The predicted molar refractivity (Wildman–Crippen MR) is 67.1 cm³/mol. The van der Waals surface area contributed by atoms with E-state index >= 15 is 0 Å². The Hall–Kier alpha value is -0.800. The summed E-state index contributed by atoms with van der Waals surface area (Å²) >= 11 is 5.81. The first-order valence-electron chi connectivity index (χ1n) is 5.16. The van der Waals surface area contributed by atoms with E-state index < -0.39 is 9.84 Å². The molecule has 0 unspecified atom stereocenters. The monoisotopic (exact) mass is 256 g/mol. The molecule has 2 nitrogen and oxygen atoms in total. The third kappa shape index (κ3) is 2.30. The zero-order valence-corrected chi connectivity index (χ0v) is 10.6.